The third-order valence-corrected chi connectivity index (χ3v) is 3.36. The molecule has 16 heavy (non-hydrogen) atoms. The van der Waals surface area contributed by atoms with E-state index in [9.17, 15) is 0 Å². The summed E-state index contributed by atoms with van der Waals surface area (Å²) in [7, 11) is 0. The van der Waals surface area contributed by atoms with Gasteiger partial charge in [0.2, 0.25) is 0 Å². The van der Waals surface area contributed by atoms with Gasteiger partial charge in [-0.2, -0.15) is 0 Å². The van der Waals surface area contributed by atoms with E-state index >= 15 is 0 Å². The standard InChI is InChI=1S/C11H16N4S/c1-3-4-11(2,12)10-14-7-8(15-10)9-13-5-6-16-9/h5-7H,3-4,12H2,1-2H3,(H,14,15). The number of nitrogens with one attached hydrogen (secondary N) is 1. The smallest absolute Gasteiger partial charge is 0.141 e. The first-order chi connectivity index (χ1) is 7.63. The summed E-state index contributed by atoms with van der Waals surface area (Å²) in [6, 6.07) is 0. The van der Waals surface area contributed by atoms with Crippen LogP contribution in [-0.4, -0.2) is 15.0 Å². The lowest BCUT2D eigenvalue weighted by molar-refractivity contribution is 0.423. The van der Waals surface area contributed by atoms with E-state index in [1.807, 2.05) is 12.3 Å². The van der Waals surface area contributed by atoms with Gasteiger partial charge < -0.3 is 10.7 Å². The molecule has 0 aromatic carbocycles. The molecule has 5 heteroatoms. The monoisotopic (exact) mass is 236 g/mol. The van der Waals surface area contributed by atoms with Crippen LogP contribution in [0.25, 0.3) is 10.7 Å². The van der Waals surface area contributed by atoms with Crippen LogP contribution < -0.4 is 5.73 Å². The molecular formula is C11H16N4S. The van der Waals surface area contributed by atoms with Gasteiger partial charge in [-0.1, -0.05) is 13.3 Å². The average Bonchev–Trinajstić information content (AvgIpc) is 2.89. The summed E-state index contributed by atoms with van der Waals surface area (Å²) in [6.45, 7) is 4.12. The SMILES string of the molecule is CCCC(C)(N)c1ncc(-c2nccs2)[nH]1. The summed E-state index contributed by atoms with van der Waals surface area (Å²) in [6.07, 6.45) is 5.54. The molecule has 2 aromatic heterocycles. The first kappa shape index (κ1) is 11.3. The van der Waals surface area contributed by atoms with Gasteiger partial charge in [0.15, 0.2) is 0 Å². The Morgan fingerprint density at radius 3 is 2.94 bits per heavy atom. The molecule has 2 heterocycles. The number of hydrogen-bond acceptors (Lipinski definition) is 4. The maximum absolute atomic E-state index is 6.20. The van der Waals surface area contributed by atoms with Crippen molar-refractivity contribution in [2.45, 2.75) is 32.2 Å². The molecular weight excluding hydrogens is 220 g/mol. The van der Waals surface area contributed by atoms with E-state index in [4.69, 9.17) is 5.73 Å². The average molecular weight is 236 g/mol. The molecule has 0 aliphatic heterocycles. The van der Waals surface area contributed by atoms with Crippen molar-refractivity contribution in [2.75, 3.05) is 0 Å². The molecule has 1 unspecified atom stereocenters. The summed E-state index contributed by atoms with van der Waals surface area (Å²) < 4.78 is 0. The van der Waals surface area contributed by atoms with Crippen LogP contribution in [0.5, 0.6) is 0 Å². The van der Waals surface area contributed by atoms with Crippen LogP contribution in [0, 0.1) is 0 Å². The Hall–Kier alpha value is -1.20. The molecule has 0 aliphatic rings. The first-order valence-corrected chi connectivity index (χ1v) is 6.25. The molecule has 0 fully saturated rings. The number of nitrogens with two attached hydrogens (primary N) is 1. The van der Waals surface area contributed by atoms with Gasteiger partial charge in [-0.25, -0.2) is 9.97 Å². The molecule has 2 aromatic rings. The summed E-state index contributed by atoms with van der Waals surface area (Å²) in [5.41, 5.74) is 6.76. The highest BCUT2D eigenvalue weighted by atomic mass is 32.1. The van der Waals surface area contributed by atoms with Crippen molar-refractivity contribution in [3.8, 4) is 10.7 Å². The van der Waals surface area contributed by atoms with Crippen LogP contribution in [0.4, 0.5) is 0 Å². The molecule has 86 valence electrons. The predicted molar refractivity (Wildman–Crippen MR) is 66.1 cm³/mol. The van der Waals surface area contributed by atoms with Crippen LogP contribution in [0.1, 0.15) is 32.5 Å². The fraction of sp³-hybridized carbons (Fsp3) is 0.455. The second-order valence-electron chi connectivity index (χ2n) is 4.15. The van der Waals surface area contributed by atoms with Crippen molar-refractivity contribution in [1.29, 1.82) is 0 Å². The second kappa shape index (κ2) is 4.35. The van der Waals surface area contributed by atoms with Gasteiger partial charge in [0, 0.05) is 11.6 Å². The van der Waals surface area contributed by atoms with E-state index in [0.29, 0.717) is 0 Å². The highest BCUT2D eigenvalue weighted by Crippen LogP contribution is 2.25. The summed E-state index contributed by atoms with van der Waals surface area (Å²) in [5.74, 6) is 0.833. The van der Waals surface area contributed by atoms with Crippen LogP contribution in [-0.2, 0) is 5.54 Å². The van der Waals surface area contributed by atoms with E-state index in [-0.39, 0.29) is 5.54 Å². The van der Waals surface area contributed by atoms with Crippen molar-refractivity contribution >= 4 is 11.3 Å². The summed E-state index contributed by atoms with van der Waals surface area (Å²) in [5, 5.41) is 2.90. The lowest BCUT2D eigenvalue weighted by Crippen LogP contribution is -2.34. The van der Waals surface area contributed by atoms with Gasteiger partial charge in [0.25, 0.3) is 0 Å². The Morgan fingerprint density at radius 1 is 1.50 bits per heavy atom. The largest absolute Gasteiger partial charge is 0.338 e. The molecule has 1 atom stereocenters. The fourth-order valence-electron chi connectivity index (χ4n) is 1.71. The van der Waals surface area contributed by atoms with E-state index in [1.54, 1.807) is 23.7 Å². The zero-order valence-corrected chi connectivity index (χ0v) is 10.3. The van der Waals surface area contributed by atoms with Gasteiger partial charge in [0.1, 0.15) is 10.8 Å². The highest BCUT2D eigenvalue weighted by Gasteiger charge is 2.23. The van der Waals surface area contributed by atoms with Crippen molar-refractivity contribution in [2.24, 2.45) is 5.73 Å². The van der Waals surface area contributed by atoms with Gasteiger partial charge in [-0.3, -0.25) is 0 Å². The van der Waals surface area contributed by atoms with Gasteiger partial charge >= 0.3 is 0 Å². The molecule has 4 nitrogen and oxygen atoms in total. The molecule has 0 aliphatic carbocycles. The van der Waals surface area contributed by atoms with Gasteiger partial charge in [-0.05, 0) is 13.3 Å². The lowest BCUT2D eigenvalue weighted by Gasteiger charge is -2.20. The Morgan fingerprint density at radius 2 is 2.31 bits per heavy atom. The maximum atomic E-state index is 6.20. The number of hydrogen-bond donors (Lipinski definition) is 2. The number of aromatic nitrogens is 3. The van der Waals surface area contributed by atoms with Crippen LogP contribution in [0.2, 0.25) is 0 Å². The van der Waals surface area contributed by atoms with E-state index in [1.165, 1.54) is 0 Å². The summed E-state index contributed by atoms with van der Waals surface area (Å²) >= 11 is 1.59. The van der Waals surface area contributed by atoms with Crippen LogP contribution >= 0.6 is 11.3 Å². The van der Waals surface area contributed by atoms with Gasteiger partial charge in [-0.15, -0.1) is 11.3 Å². The lowest BCUT2D eigenvalue weighted by atomic mass is 9.97. The number of H-pyrrole nitrogens is 1. The molecule has 2 rings (SSSR count). The molecule has 0 saturated heterocycles. The zero-order chi connectivity index (χ0) is 11.6. The normalized spacial score (nSPS) is 14.9. The Labute approximate surface area is 98.9 Å². The highest BCUT2D eigenvalue weighted by molar-refractivity contribution is 7.13. The van der Waals surface area contributed by atoms with Gasteiger partial charge in [0.05, 0.1) is 17.4 Å². The number of thiazole rings is 1. The van der Waals surface area contributed by atoms with Crippen LogP contribution in [0.3, 0.4) is 0 Å². The van der Waals surface area contributed by atoms with Crippen molar-refractivity contribution in [1.82, 2.24) is 15.0 Å². The summed E-state index contributed by atoms with van der Waals surface area (Å²) in [4.78, 5) is 11.8. The number of aromatic amines is 1. The van der Waals surface area contributed by atoms with Crippen molar-refractivity contribution < 1.29 is 0 Å². The topological polar surface area (TPSA) is 67.6 Å². The Kier molecular flexibility index (Phi) is 3.07. The third-order valence-electron chi connectivity index (χ3n) is 2.55. The van der Waals surface area contributed by atoms with Crippen LogP contribution in [0.15, 0.2) is 17.8 Å². The van der Waals surface area contributed by atoms with E-state index in [0.717, 1.165) is 29.4 Å². The minimum Gasteiger partial charge on any atom is -0.338 e. The Bertz CT molecular complexity index is 444. The maximum Gasteiger partial charge on any atom is 0.141 e. The molecule has 0 saturated carbocycles. The zero-order valence-electron chi connectivity index (χ0n) is 9.53. The van der Waals surface area contributed by atoms with E-state index < -0.39 is 0 Å². The molecule has 3 N–H and O–H groups in total. The fourth-order valence-corrected chi connectivity index (χ4v) is 2.32. The minimum absolute atomic E-state index is 0.385. The molecule has 0 radical (unpaired) electrons. The number of nitrogens with zero attached hydrogens (tertiary/aromatic N) is 2. The molecule has 0 spiro atoms. The van der Waals surface area contributed by atoms with Crippen molar-refractivity contribution in [3.63, 3.8) is 0 Å². The van der Waals surface area contributed by atoms with E-state index in [2.05, 4.69) is 21.9 Å². The minimum atomic E-state index is -0.385. The van der Waals surface area contributed by atoms with Crippen molar-refractivity contribution in [3.05, 3.63) is 23.6 Å². The third kappa shape index (κ3) is 2.15. The predicted octanol–water partition coefficient (Wildman–Crippen LogP) is 2.51. The quantitative estimate of drug-likeness (QED) is 0.857. The number of imidazole rings is 1. The second-order valence-corrected chi connectivity index (χ2v) is 5.04. The number of rotatable bonds is 4. The Balaban J connectivity index is 2.26. The first-order valence-electron chi connectivity index (χ1n) is 5.37. The molecule has 0 bridgehead atoms. The molecule has 0 amide bonds.